The molecule has 2 aliphatic heterocycles. The second-order valence-corrected chi connectivity index (χ2v) is 11.5. The lowest BCUT2D eigenvalue weighted by Crippen LogP contribution is -2.54. The number of carbonyl (C=O) groups is 1. The number of halogens is 2. The normalized spacial score (nSPS) is 22.6. The second-order valence-electron chi connectivity index (χ2n) is 11.5. The van der Waals surface area contributed by atoms with E-state index >= 15 is 0 Å². The lowest BCUT2D eigenvalue weighted by Gasteiger charge is -2.55. The van der Waals surface area contributed by atoms with E-state index in [1.54, 1.807) is 14.2 Å². The van der Waals surface area contributed by atoms with Gasteiger partial charge in [0.2, 0.25) is 5.92 Å². The highest BCUT2D eigenvalue weighted by Crippen LogP contribution is 2.61. The Morgan fingerprint density at radius 3 is 2.67 bits per heavy atom. The summed E-state index contributed by atoms with van der Waals surface area (Å²) in [5.74, 6) is -2.33. The van der Waals surface area contributed by atoms with Crippen LogP contribution in [0.15, 0.2) is 30.5 Å². The number of benzene rings is 1. The van der Waals surface area contributed by atoms with Crippen LogP contribution >= 0.6 is 0 Å². The number of pyridine rings is 1. The molecule has 4 heterocycles. The quantitative estimate of drug-likeness (QED) is 0.428. The molecular formula is C29H34F2N4O4. The number of methoxy groups -OCH3 is 2. The first-order valence-corrected chi connectivity index (χ1v) is 13.4. The number of nitrogens with one attached hydrogen (secondary N) is 1. The number of nitrogens with zero attached hydrogens (tertiary/aromatic N) is 3. The zero-order valence-corrected chi connectivity index (χ0v) is 22.5. The van der Waals surface area contributed by atoms with Gasteiger partial charge in [-0.2, -0.15) is 0 Å². The Labute approximate surface area is 225 Å². The van der Waals surface area contributed by atoms with Crippen LogP contribution in [0.5, 0.6) is 5.75 Å². The van der Waals surface area contributed by atoms with Gasteiger partial charge in [0.05, 0.1) is 13.2 Å². The summed E-state index contributed by atoms with van der Waals surface area (Å²) in [6.45, 7) is 4.45. The number of rotatable bonds is 7. The van der Waals surface area contributed by atoms with Crippen LogP contribution in [0.25, 0.3) is 10.9 Å². The fraction of sp³-hybridized carbons (Fsp3) is 0.517. The third kappa shape index (κ3) is 4.53. The maximum Gasteiger partial charge on any atom is 0.354 e. The number of ether oxygens (including phenoxy) is 2. The molecule has 2 aromatic heterocycles. The van der Waals surface area contributed by atoms with Crippen LogP contribution in [-0.2, 0) is 11.3 Å². The highest BCUT2D eigenvalue weighted by atomic mass is 19.3. The van der Waals surface area contributed by atoms with Crippen molar-refractivity contribution in [2.45, 2.75) is 57.2 Å². The first-order valence-electron chi connectivity index (χ1n) is 13.4. The fourth-order valence-electron chi connectivity index (χ4n) is 6.88. The Morgan fingerprint density at radius 1 is 1.23 bits per heavy atom. The predicted octanol–water partition coefficient (Wildman–Crippen LogP) is 5.17. The molecule has 1 atom stereocenters. The van der Waals surface area contributed by atoms with E-state index in [0.29, 0.717) is 44.8 Å². The smallest absolute Gasteiger partial charge is 0.354 e. The highest BCUT2D eigenvalue weighted by molar-refractivity contribution is 5.88. The van der Waals surface area contributed by atoms with E-state index in [4.69, 9.17) is 9.47 Å². The summed E-state index contributed by atoms with van der Waals surface area (Å²) >= 11 is 0. The van der Waals surface area contributed by atoms with Gasteiger partial charge in [0, 0.05) is 73.9 Å². The molecule has 2 saturated heterocycles. The van der Waals surface area contributed by atoms with Crippen molar-refractivity contribution < 1.29 is 28.2 Å². The summed E-state index contributed by atoms with van der Waals surface area (Å²) in [6.07, 6.45) is 3.01. The third-order valence-electron chi connectivity index (χ3n) is 8.92. The van der Waals surface area contributed by atoms with E-state index in [0.717, 1.165) is 33.3 Å². The largest absolute Gasteiger partial charge is 0.496 e. The zero-order chi connectivity index (χ0) is 27.5. The molecule has 0 bridgehead atoms. The first-order chi connectivity index (χ1) is 18.6. The average molecular weight is 541 g/mol. The minimum absolute atomic E-state index is 0.0314. The number of alkyl halides is 2. The van der Waals surface area contributed by atoms with Crippen LogP contribution in [0, 0.1) is 12.3 Å². The molecule has 10 heteroatoms. The summed E-state index contributed by atoms with van der Waals surface area (Å²) < 4.78 is 39.6. The van der Waals surface area contributed by atoms with Crippen molar-refractivity contribution in [3.8, 4) is 5.75 Å². The summed E-state index contributed by atoms with van der Waals surface area (Å²) in [6, 6.07) is 7.23. The number of aromatic carboxylic acids is 1. The number of carboxylic acids is 1. The summed E-state index contributed by atoms with van der Waals surface area (Å²) in [4.78, 5) is 24.0. The van der Waals surface area contributed by atoms with E-state index in [1.807, 2.05) is 36.2 Å². The van der Waals surface area contributed by atoms with E-state index in [9.17, 15) is 18.7 Å². The molecule has 2 N–H and O–H groups in total. The molecule has 0 unspecified atom stereocenters. The molecule has 0 amide bonds. The van der Waals surface area contributed by atoms with Gasteiger partial charge in [-0.1, -0.05) is 6.07 Å². The molecule has 39 heavy (non-hydrogen) atoms. The number of aromatic nitrogens is 2. The minimum atomic E-state index is -2.62. The Kier molecular flexibility index (Phi) is 6.30. The standard InChI is InChI=1S/C29H34F2N4O4/c1-17-10-24(39-3)21(19-6-8-32-25(17)19)14-34-9-7-28(15-29(30,31)16-28)11-23(34)20-4-5-22(27(36)37)33-26(20)35-12-18(13-35)38-2/h4-6,8,10,18,23,32H,7,9,11-16H2,1-3H3,(H,36,37)/t23-/m1/s1. The molecule has 1 saturated carbocycles. The van der Waals surface area contributed by atoms with Crippen molar-refractivity contribution in [2.75, 3.05) is 38.8 Å². The molecule has 3 aliphatic rings. The van der Waals surface area contributed by atoms with Crippen LogP contribution < -0.4 is 9.64 Å². The molecular weight excluding hydrogens is 506 g/mol. The number of fused-ring (bicyclic) bond motifs is 1. The lowest BCUT2D eigenvalue weighted by molar-refractivity contribution is -0.186. The average Bonchev–Trinajstić information content (AvgIpc) is 3.35. The molecule has 3 fully saturated rings. The van der Waals surface area contributed by atoms with E-state index in [2.05, 4.69) is 14.9 Å². The van der Waals surface area contributed by atoms with E-state index < -0.39 is 17.3 Å². The number of hydrogen-bond donors (Lipinski definition) is 2. The van der Waals surface area contributed by atoms with Crippen molar-refractivity contribution in [1.82, 2.24) is 14.9 Å². The number of likely N-dealkylation sites (tertiary alicyclic amines) is 1. The Hall–Kier alpha value is -3.24. The van der Waals surface area contributed by atoms with Crippen LogP contribution in [0.4, 0.5) is 14.6 Å². The second kappa shape index (κ2) is 9.45. The minimum Gasteiger partial charge on any atom is -0.496 e. The predicted molar refractivity (Wildman–Crippen MR) is 143 cm³/mol. The maximum atomic E-state index is 14.2. The monoisotopic (exact) mass is 540 g/mol. The molecule has 8 nitrogen and oxygen atoms in total. The number of H-pyrrole nitrogens is 1. The Bertz CT molecular complexity index is 1410. The third-order valence-corrected chi connectivity index (χ3v) is 8.92. The van der Waals surface area contributed by atoms with Gasteiger partial charge in [0.1, 0.15) is 11.6 Å². The molecule has 0 radical (unpaired) electrons. The van der Waals surface area contributed by atoms with Gasteiger partial charge in [-0.25, -0.2) is 18.6 Å². The number of anilines is 1. The number of carboxylic acid groups (broad SMARTS) is 1. The highest BCUT2D eigenvalue weighted by Gasteiger charge is 2.58. The van der Waals surface area contributed by atoms with Gasteiger partial charge >= 0.3 is 5.97 Å². The summed E-state index contributed by atoms with van der Waals surface area (Å²) in [5, 5.41) is 10.7. The summed E-state index contributed by atoms with van der Waals surface area (Å²) in [7, 11) is 3.32. The molecule has 1 aromatic carbocycles. The molecule has 1 spiro atoms. The van der Waals surface area contributed by atoms with Gasteiger partial charge in [-0.05, 0) is 55.5 Å². The number of piperidine rings is 1. The topological polar surface area (TPSA) is 90.9 Å². The number of aryl methyl sites for hydroxylation is 1. The molecule has 208 valence electrons. The van der Waals surface area contributed by atoms with E-state index in [-0.39, 0.29) is 30.7 Å². The van der Waals surface area contributed by atoms with Crippen LogP contribution in [0.2, 0.25) is 0 Å². The van der Waals surface area contributed by atoms with Crippen LogP contribution in [-0.4, -0.2) is 71.8 Å². The van der Waals surface area contributed by atoms with Crippen LogP contribution in [0.1, 0.15) is 58.9 Å². The van der Waals surface area contributed by atoms with Gasteiger partial charge in [-0.15, -0.1) is 0 Å². The van der Waals surface area contributed by atoms with Gasteiger partial charge in [0.15, 0.2) is 5.69 Å². The lowest BCUT2D eigenvalue weighted by atomic mass is 9.59. The van der Waals surface area contributed by atoms with Crippen molar-refractivity contribution in [3.63, 3.8) is 0 Å². The van der Waals surface area contributed by atoms with E-state index in [1.165, 1.54) is 6.07 Å². The van der Waals surface area contributed by atoms with Crippen molar-refractivity contribution in [2.24, 2.45) is 5.41 Å². The Balaban J connectivity index is 1.41. The molecule has 6 rings (SSSR count). The maximum absolute atomic E-state index is 14.2. The van der Waals surface area contributed by atoms with Gasteiger partial charge < -0.3 is 24.5 Å². The Morgan fingerprint density at radius 2 is 2.00 bits per heavy atom. The van der Waals surface area contributed by atoms with Crippen LogP contribution in [0.3, 0.4) is 0 Å². The van der Waals surface area contributed by atoms with Gasteiger partial charge in [-0.3, -0.25) is 4.90 Å². The summed E-state index contributed by atoms with van der Waals surface area (Å²) in [5.41, 5.74) is 3.59. The van der Waals surface area contributed by atoms with Gasteiger partial charge in [0.25, 0.3) is 0 Å². The molecule has 1 aliphatic carbocycles. The number of hydrogen-bond acceptors (Lipinski definition) is 6. The van der Waals surface area contributed by atoms with Crippen molar-refractivity contribution >= 4 is 22.7 Å². The number of aromatic amines is 1. The zero-order valence-electron chi connectivity index (χ0n) is 22.5. The fourth-order valence-corrected chi connectivity index (χ4v) is 6.88. The molecule has 3 aromatic rings. The first kappa shape index (κ1) is 26.0. The SMILES string of the molecule is COc1cc(C)c2[nH]ccc2c1CN1CCC2(C[C@@H]1c1ccc(C(=O)O)nc1N1CC(OC)C1)CC(F)(F)C2. The van der Waals surface area contributed by atoms with Crippen molar-refractivity contribution in [3.05, 3.63) is 52.8 Å². The van der Waals surface area contributed by atoms with Crippen molar-refractivity contribution in [1.29, 1.82) is 0 Å².